The molecule has 3 rings (SSSR count). The number of thioether (sulfide) groups is 1. The highest BCUT2D eigenvalue weighted by Crippen LogP contribution is 2.28. The smallest absolute Gasteiger partial charge is 0.290 e. The topological polar surface area (TPSA) is 101 Å². The van der Waals surface area contributed by atoms with Crippen molar-refractivity contribution in [1.29, 1.82) is 0 Å². The van der Waals surface area contributed by atoms with Gasteiger partial charge in [0.05, 0.1) is 4.91 Å². The van der Waals surface area contributed by atoms with Crippen LogP contribution in [0.3, 0.4) is 0 Å². The second kappa shape index (κ2) is 5.06. The molecule has 0 aliphatic carbocycles. The van der Waals surface area contributed by atoms with Gasteiger partial charge in [-0.15, -0.1) is 0 Å². The quantitative estimate of drug-likeness (QED) is 0.815. The molecule has 7 nitrogen and oxygen atoms in total. The zero-order chi connectivity index (χ0) is 15.0. The van der Waals surface area contributed by atoms with Gasteiger partial charge in [-0.2, -0.15) is 0 Å². The number of hydrogen-bond acceptors (Lipinski definition) is 6. The van der Waals surface area contributed by atoms with Gasteiger partial charge in [-0.3, -0.25) is 24.7 Å². The van der Waals surface area contributed by atoms with E-state index >= 15 is 0 Å². The molecule has 0 aromatic carbocycles. The molecule has 1 aliphatic rings. The molecular formula is C13H9N3O4S. The number of carbonyl (C=O) groups is 3. The van der Waals surface area contributed by atoms with Crippen molar-refractivity contribution < 1.29 is 18.8 Å². The Kier molecular flexibility index (Phi) is 3.22. The second-order valence-electron chi connectivity index (χ2n) is 4.19. The predicted octanol–water partition coefficient (Wildman–Crippen LogP) is 1.51. The summed E-state index contributed by atoms with van der Waals surface area (Å²) in [5, 5.41) is 4.88. The maximum atomic E-state index is 11.7. The van der Waals surface area contributed by atoms with E-state index in [2.05, 4.69) is 15.6 Å². The minimum Gasteiger partial charge on any atom is -0.456 e. The first-order valence-electron chi connectivity index (χ1n) is 5.93. The average Bonchev–Trinajstić information content (AvgIpc) is 3.00. The minimum absolute atomic E-state index is 0.244. The molecule has 3 heterocycles. The summed E-state index contributed by atoms with van der Waals surface area (Å²) in [6.07, 6.45) is 4.42. The molecule has 1 saturated heterocycles. The van der Waals surface area contributed by atoms with Gasteiger partial charge >= 0.3 is 0 Å². The number of carbonyl (C=O) groups excluding carboxylic acids is 3. The standard InChI is InChI=1S/C13H9N3O4S/c1-14-11(17)8-5-15-4-6-2-7(20-10(6)8)3-9-12(18)16-13(19)21-9/h2-5H,1H3,(H,14,17)(H,16,18,19). The van der Waals surface area contributed by atoms with Crippen LogP contribution in [0.5, 0.6) is 0 Å². The van der Waals surface area contributed by atoms with Crippen LogP contribution >= 0.6 is 11.8 Å². The molecule has 3 amide bonds. The normalized spacial score (nSPS) is 16.5. The monoisotopic (exact) mass is 303 g/mol. The number of hydrogen-bond donors (Lipinski definition) is 2. The Hall–Kier alpha value is -2.61. The van der Waals surface area contributed by atoms with E-state index in [1.807, 2.05) is 0 Å². The summed E-state index contributed by atoms with van der Waals surface area (Å²) in [7, 11) is 1.51. The zero-order valence-electron chi connectivity index (χ0n) is 10.8. The van der Waals surface area contributed by atoms with Crippen LogP contribution in [0.4, 0.5) is 4.79 Å². The van der Waals surface area contributed by atoms with E-state index < -0.39 is 11.1 Å². The Morgan fingerprint density at radius 3 is 2.90 bits per heavy atom. The molecule has 0 radical (unpaired) electrons. The number of aromatic nitrogens is 1. The summed E-state index contributed by atoms with van der Waals surface area (Å²) >= 11 is 0.800. The van der Waals surface area contributed by atoms with Gasteiger partial charge in [-0.25, -0.2) is 0 Å². The third kappa shape index (κ3) is 2.40. The van der Waals surface area contributed by atoms with Gasteiger partial charge < -0.3 is 9.73 Å². The second-order valence-corrected chi connectivity index (χ2v) is 5.20. The highest BCUT2D eigenvalue weighted by atomic mass is 32.2. The number of furan rings is 1. The van der Waals surface area contributed by atoms with E-state index in [9.17, 15) is 14.4 Å². The van der Waals surface area contributed by atoms with Gasteiger partial charge in [0.2, 0.25) is 0 Å². The van der Waals surface area contributed by atoms with Gasteiger partial charge in [0.25, 0.3) is 17.1 Å². The number of nitrogens with zero attached hydrogens (tertiary/aromatic N) is 1. The summed E-state index contributed by atoms with van der Waals surface area (Å²) in [5.74, 6) is -0.407. The molecule has 2 aromatic heterocycles. The molecule has 106 valence electrons. The van der Waals surface area contributed by atoms with Gasteiger partial charge in [0.15, 0.2) is 5.58 Å². The molecule has 21 heavy (non-hydrogen) atoms. The van der Waals surface area contributed by atoms with Gasteiger partial charge in [0.1, 0.15) is 11.3 Å². The molecule has 0 spiro atoms. The lowest BCUT2D eigenvalue weighted by molar-refractivity contribution is -0.115. The highest BCUT2D eigenvalue weighted by Gasteiger charge is 2.25. The Morgan fingerprint density at radius 1 is 1.43 bits per heavy atom. The van der Waals surface area contributed by atoms with Crippen molar-refractivity contribution >= 4 is 45.9 Å². The molecule has 1 fully saturated rings. The number of nitrogens with one attached hydrogen (secondary N) is 2. The van der Waals surface area contributed by atoms with Crippen LogP contribution in [0, 0.1) is 0 Å². The van der Waals surface area contributed by atoms with Gasteiger partial charge in [0, 0.05) is 30.9 Å². The fourth-order valence-electron chi connectivity index (χ4n) is 1.90. The first kappa shape index (κ1) is 13.4. The lowest BCUT2D eigenvalue weighted by atomic mass is 10.2. The van der Waals surface area contributed by atoms with E-state index in [0.717, 1.165) is 11.8 Å². The summed E-state index contributed by atoms with van der Waals surface area (Å²) < 4.78 is 5.59. The molecule has 1 aliphatic heterocycles. The van der Waals surface area contributed by atoms with Crippen molar-refractivity contribution in [2.24, 2.45) is 0 Å². The Labute approximate surface area is 122 Å². The Balaban J connectivity index is 2.06. The third-order valence-electron chi connectivity index (χ3n) is 2.83. The van der Waals surface area contributed by atoms with Crippen LogP contribution in [0.2, 0.25) is 0 Å². The van der Waals surface area contributed by atoms with Crippen molar-refractivity contribution in [2.75, 3.05) is 7.05 Å². The maximum Gasteiger partial charge on any atom is 0.290 e. The van der Waals surface area contributed by atoms with E-state index in [1.165, 1.54) is 19.3 Å². The van der Waals surface area contributed by atoms with E-state index in [0.29, 0.717) is 22.3 Å². The Morgan fingerprint density at radius 2 is 2.24 bits per heavy atom. The molecule has 0 bridgehead atoms. The van der Waals surface area contributed by atoms with Crippen LogP contribution in [0.1, 0.15) is 16.1 Å². The first-order chi connectivity index (χ1) is 10.1. The zero-order valence-corrected chi connectivity index (χ0v) is 11.6. The molecule has 0 atom stereocenters. The van der Waals surface area contributed by atoms with Crippen molar-refractivity contribution in [3.8, 4) is 0 Å². The van der Waals surface area contributed by atoms with Crippen LogP contribution in [-0.4, -0.2) is 29.1 Å². The fourth-order valence-corrected chi connectivity index (χ4v) is 2.56. The minimum atomic E-state index is -0.463. The Bertz CT molecular complexity index is 809. The number of rotatable bonds is 2. The summed E-state index contributed by atoms with van der Waals surface area (Å²) in [5.41, 5.74) is 0.685. The summed E-state index contributed by atoms with van der Waals surface area (Å²) in [6.45, 7) is 0. The lowest BCUT2D eigenvalue weighted by Crippen LogP contribution is -2.18. The third-order valence-corrected chi connectivity index (χ3v) is 3.64. The van der Waals surface area contributed by atoms with Crippen LogP contribution in [0.25, 0.3) is 17.0 Å². The molecule has 8 heteroatoms. The summed E-state index contributed by atoms with van der Waals surface area (Å²) in [6, 6.07) is 1.65. The molecule has 0 unspecified atom stereocenters. The highest BCUT2D eigenvalue weighted by molar-refractivity contribution is 8.18. The van der Waals surface area contributed by atoms with Gasteiger partial charge in [-0.1, -0.05) is 0 Å². The molecule has 0 saturated carbocycles. The van der Waals surface area contributed by atoms with E-state index in [4.69, 9.17) is 4.42 Å². The number of pyridine rings is 1. The van der Waals surface area contributed by atoms with E-state index in [-0.39, 0.29) is 10.8 Å². The number of fused-ring (bicyclic) bond motifs is 1. The lowest BCUT2D eigenvalue weighted by Gasteiger charge is -1.98. The van der Waals surface area contributed by atoms with Crippen molar-refractivity contribution in [3.05, 3.63) is 34.7 Å². The average molecular weight is 303 g/mol. The summed E-state index contributed by atoms with van der Waals surface area (Å²) in [4.78, 5) is 38.5. The maximum absolute atomic E-state index is 11.7. The van der Waals surface area contributed by atoms with E-state index in [1.54, 1.807) is 12.3 Å². The molecule has 2 N–H and O–H groups in total. The number of imide groups is 1. The van der Waals surface area contributed by atoms with Crippen molar-refractivity contribution in [2.45, 2.75) is 0 Å². The van der Waals surface area contributed by atoms with Crippen molar-refractivity contribution in [3.63, 3.8) is 0 Å². The molecular weight excluding hydrogens is 294 g/mol. The van der Waals surface area contributed by atoms with Crippen LogP contribution in [-0.2, 0) is 4.79 Å². The first-order valence-corrected chi connectivity index (χ1v) is 6.74. The van der Waals surface area contributed by atoms with Gasteiger partial charge in [-0.05, 0) is 17.8 Å². The SMILES string of the molecule is CNC(=O)c1cncc2cc(C=C3SC(=O)NC3=O)oc12. The predicted molar refractivity (Wildman–Crippen MR) is 76.5 cm³/mol. The molecule has 2 aromatic rings. The fraction of sp³-hybridized carbons (Fsp3) is 0.0769. The largest absolute Gasteiger partial charge is 0.456 e. The van der Waals surface area contributed by atoms with Crippen LogP contribution in [0.15, 0.2) is 27.8 Å². The van der Waals surface area contributed by atoms with Crippen molar-refractivity contribution in [1.82, 2.24) is 15.6 Å². The van der Waals surface area contributed by atoms with Crippen LogP contribution < -0.4 is 10.6 Å². The number of amides is 3.